The molecule has 0 atom stereocenters. The number of pyridine rings is 1. The Morgan fingerprint density at radius 1 is 1.32 bits per heavy atom. The number of carbonyl (C=O) groups is 2. The summed E-state index contributed by atoms with van der Waals surface area (Å²) in [6.45, 7) is 8.84. The predicted octanol–water partition coefficient (Wildman–Crippen LogP) is 2.19. The average Bonchev–Trinajstić information content (AvgIpc) is 2.36. The number of nitrogens with one attached hydrogen (secondary N) is 1. The molecule has 5 heteroatoms. The van der Waals surface area contributed by atoms with Crippen molar-refractivity contribution in [3.8, 4) is 0 Å². The van der Waals surface area contributed by atoms with E-state index in [0.29, 0.717) is 12.5 Å². The van der Waals surface area contributed by atoms with Crippen molar-refractivity contribution in [2.24, 2.45) is 11.3 Å². The summed E-state index contributed by atoms with van der Waals surface area (Å²) in [5.41, 5.74) is -0.0321. The highest BCUT2D eigenvalue weighted by Crippen LogP contribution is 2.24. The molecule has 1 amide bonds. The van der Waals surface area contributed by atoms with Gasteiger partial charge in [-0.3, -0.25) is 4.79 Å². The molecule has 0 aromatic carbocycles. The minimum Gasteiger partial charge on any atom is -0.477 e. The van der Waals surface area contributed by atoms with Gasteiger partial charge in [0.15, 0.2) is 0 Å². The van der Waals surface area contributed by atoms with E-state index in [0.717, 1.165) is 0 Å². The molecule has 0 aliphatic heterocycles. The molecule has 5 nitrogen and oxygen atoms in total. The second-order valence-electron chi connectivity index (χ2n) is 5.54. The first-order chi connectivity index (χ1) is 8.74. The van der Waals surface area contributed by atoms with Crippen LogP contribution in [-0.2, 0) is 0 Å². The van der Waals surface area contributed by atoms with Crippen LogP contribution in [0, 0.1) is 11.3 Å². The Hall–Kier alpha value is -1.91. The smallest absolute Gasteiger partial charge is 0.354 e. The van der Waals surface area contributed by atoms with Crippen LogP contribution in [-0.4, -0.2) is 28.5 Å². The van der Waals surface area contributed by atoms with Gasteiger partial charge < -0.3 is 10.4 Å². The molecule has 0 unspecified atom stereocenters. The zero-order chi connectivity index (χ0) is 14.6. The summed E-state index contributed by atoms with van der Waals surface area (Å²) in [5.74, 6) is -1.07. The fourth-order valence-corrected chi connectivity index (χ4v) is 1.28. The van der Waals surface area contributed by atoms with Crippen molar-refractivity contribution in [2.75, 3.05) is 6.54 Å². The molecule has 104 valence electrons. The number of hydrogen-bond donors (Lipinski definition) is 2. The first-order valence-electron chi connectivity index (χ1n) is 6.22. The second kappa shape index (κ2) is 5.82. The van der Waals surface area contributed by atoms with Gasteiger partial charge in [0.25, 0.3) is 5.91 Å². The van der Waals surface area contributed by atoms with Crippen molar-refractivity contribution in [3.63, 3.8) is 0 Å². The fourth-order valence-electron chi connectivity index (χ4n) is 1.28. The summed E-state index contributed by atoms with van der Waals surface area (Å²) in [6.07, 6.45) is 0. The normalized spacial score (nSPS) is 11.4. The fraction of sp³-hybridized carbons (Fsp3) is 0.500. The van der Waals surface area contributed by atoms with E-state index >= 15 is 0 Å². The topological polar surface area (TPSA) is 79.3 Å². The van der Waals surface area contributed by atoms with Gasteiger partial charge in [0.1, 0.15) is 11.4 Å². The molecule has 1 heterocycles. The van der Waals surface area contributed by atoms with Crippen LogP contribution in [0.25, 0.3) is 0 Å². The Balaban J connectivity index is 2.74. The SMILES string of the molecule is CC(C)C(C)(C)CNC(=O)c1cccc(C(=O)O)n1. The van der Waals surface area contributed by atoms with Crippen molar-refractivity contribution >= 4 is 11.9 Å². The molecule has 0 aliphatic rings. The second-order valence-corrected chi connectivity index (χ2v) is 5.54. The van der Waals surface area contributed by atoms with Crippen LogP contribution in [0.3, 0.4) is 0 Å². The van der Waals surface area contributed by atoms with Crippen LogP contribution in [0.2, 0.25) is 0 Å². The summed E-state index contributed by atoms with van der Waals surface area (Å²) in [6, 6.07) is 4.38. The lowest BCUT2D eigenvalue weighted by atomic mass is 9.81. The minimum atomic E-state index is -1.14. The molecule has 19 heavy (non-hydrogen) atoms. The maximum absolute atomic E-state index is 11.9. The zero-order valence-electron chi connectivity index (χ0n) is 11.7. The molecular weight excluding hydrogens is 244 g/mol. The van der Waals surface area contributed by atoms with Crippen molar-refractivity contribution < 1.29 is 14.7 Å². The van der Waals surface area contributed by atoms with Gasteiger partial charge >= 0.3 is 5.97 Å². The van der Waals surface area contributed by atoms with E-state index < -0.39 is 5.97 Å². The summed E-state index contributed by atoms with van der Waals surface area (Å²) >= 11 is 0. The van der Waals surface area contributed by atoms with Crippen LogP contribution in [0.5, 0.6) is 0 Å². The van der Waals surface area contributed by atoms with Crippen molar-refractivity contribution in [3.05, 3.63) is 29.6 Å². The lowest BCUT2D eigenvalue weighted by molar-refractivity contribution is 0.0690. The third-order valence-electron chi connectivity index (χ3n) is 3.47. The van der Waals surface area contributed by atoms with Crippen LogP contribution >= 0.6 is 0 Å². The molecule has 0 aliphatic carbocycles. The van der Waals surface area contributed by atoms with Gasteiger partial charge in [-0.25, -0.2) is 9.78 Å². The summed E-state index contributed by atoms with van der Waals surface area (Å²) in [7, 11) is 0. The summed E-state index contributed by atoms with van der Waals surface area (Å²) in [4.78, 5) is 26.5. The number of amides is 1. The predicted molar refractivity (Wildman–Crippen MR) is 72.1 cm³/mol. The summed E-state index contributed by atoms with van der Waals surface area (Å²) in [5, 5.41) is 11.6. The highest BCUT2D eigenvalue weighted by atomic mass is 16.4. The van der Waals surface area contributed by atoms with Gasteiger partial charge in [-0.1, -0.05) is 33.8 Å². The van der Waals surface area contributed by atoms with Gasteiger partial charge in [-0.2, -0.15) is 0 Å². The molecule has 0 saturated heterocycles. The van der Waals surface area contributed by atoms with E-state index in [1.165, 1.54) is 18.2 Å². The van der Waals surface area contributed by atoms with E-state index in [9.17, 15) is 9.59 Å². The largest absolute Gasteiger partial charge is 0.477 e. The number of carboxylic acids is 1. The number of rotatable bonds is 5. The number of carbonyl (C=O) groups excluding carboxylic acids is 1. The molecule has 0 radical (unpaired) electrons. The van der Waals surface area contributed by atoms with Gasteiger partial charge in [0.2, 0.25) is 0 Å². The molecule has 1 aromatic rings. The van der Waals surface area contributed by atoms with E-state index in [2.05, 4.69) is 38.0 Å². The number of hydrogen-bond acceptors (Lipinski definition) is 3. The van der Waals surface area contributed by atoms with Gasteiger partial charge in [0, 0.05) is 6.54 Å². The van der Waals surface area contributed by atoms with E-state index in [1.54, 1.807) is 0 Å². The molecule has 0 spiro atoms. The van der Waals surface area contributed by atoms with Crippen molar-refractivity contribution in [1.29, 1.82) is 0 Å². The zero-order valence-corrected chi connectivity index (χ0v) is 11.7. The molecular formula is C14H20N2O3. The van der Waals surface area contributed by atoms with Crippen LogP contribution in [0.15, 0.2) is 18.2 Å². The van der Waals surface area contributed by atoms with E-state index in [1.807, 2.05) is 0 Å². The average molecular weight is 264 g/mol. The maximum Gasteiger partial charge on any atom is 0.354 e. The molecule has 0 fully saturated rings. The van der Waals surface area contributed by atoms with E-state index in [4.69, 9.17) is 5.11 Å². The molecule has 0 bridgehead atoms. The molecule has 1 rings (SSSR count). The first-order valence-corrected chi connectivity index (χ1v) is 6.22. The standard InChI is InChI=1S/C14H20N2O3/c1-9(2)14(3,4)8-15-12(17)10-6-5-7-11(16-10)13(18)19/h5-7,9H,8H2,1-4H3,(H,15,17)(H,18,19). The third kappa shape index (κ3) is 4.05. The minimum absolute atomic E-state index is 0.0277. The third-order valence-corrected chi connectivity index (χ3v) is 3.47. The number of carboxylic acid groups (broad SMARTS) is 1. The molecule has 0 saturated carbocycles. The highest BCUT2D eigenvalue weighted by molar-refractivity contribution is 5.94. The molecule has 2 N–H and O–H groups in total. The van der Waals surface area contributed by atoms with Gasteiger partial charge in [-0.15, -0.1) is 0 Å². The lowest BCUT2D eigenvalue weighted by Crippen LogP contribution is -2.37. The van der Waals surface area contributed by atoms with Crippen molar-refractivity contribution in [1.82, 2.24) is 10.3 Å². The number of aromatic nitrogens is 1. The van der Waals surface area contributed by atoms with Gasteiger partial charge in [0.05, 0.1) is 0 Å². The monoisotopic (exact) mass is 264 g/mol. The lowest BCUT2D eigenvalue weighted by Gasteiger charge is -2.29. The van der Waals surface area contributed by atoms with Gasteiger partial charge in [-0.05, 0) is 23.5 Å². The Morgan fingerprint density at radius 3 is 2.42 bits per heavy atom. The quantitative estimate of drug-likeness (QED) is 0.854. The van der Waals surface area contributed by atoms with Crippen LogP contribution in [0.1, 0.15) is 48.7 Å². The number of aromatic carboxylic acids is 1. The molecule has 1 aromatic heterocycles. The Morgan fingerprint density at radius 2 is 1.89 bits per heavy atom. The van der Waals surface area contributed by atoms with Crippen LogP contribution < -0.4 is 5.32 Å². The Labute approximate surface area is 113 Å². The maximum atomic E-state index is 11.9. The summed E-state index contributed by atoms with van der Waals surface area (Å²) < 4.78 is 0. The van der Waals surface area contributed by atoms with E-state index in [-0.39, 0.29) is 22.7 Å². The van der Waals surface area contributed by atoms with Crippen LogP contribution in [0.4, 0.5) is 0 Å². The first kappa shape index (κ1) is 15.1. The Kier molecular flexibility index (Phi) is 4.64. The number of nitrogens with zero attached hydrogens (tertiary/aromatic N) is 1. The highest BCUT2D eigenvalue weighted by Gasteiger charge is 2.23. The van der Waals surface area contributed by atoms with Crippen molar-refractivity contribution in [2.45, 2.75) is 27.7 Å². The Bertz CT molecular complexity index is 481.